The van der Waals surface area contributed by atoms with Crippen LogP contribution in [-0.4, -0.2) is 25.1 Å². The van der Waals surface area contributed by atoms with Crippen LogP contribution in [-0.2, 0) is 13.6 Å². The highest BCUT2D eigenvalue weighted by Gasteiger charge is 2.21. The summed E-state index contributed by atoms with van der Waals surface area (Å²) in [5, 5.41) is 4.18. The van der Waals surface area contributed by atoms with Gasteiger partial charge in [-0.3, -0.25) is 9.48 Å². The van der Waals surface area contributed by atoms with Crippen LogP contribution in [0, 0.1) is 0 Å². The van der Waals surface area contributed by atoms with Crippen LogP contribution < -0.4 is 0 Å². The van der Waals surface area contributed by atoms with Gasteiger partial charge < -0.3 is 4.57 Å². The maximum Gasteiger partial charge on any atom is 0.247 e. The minimum atomic E-state index is -0.115. The molecule has 90 valence electrons. The molecule has 6 heteroatoms. The van der Waals surface area contributed by atoms with Crippen molar-refractivity contribution in [2.75, 3.05) is 0 Å². The average Bonchev–Trinajstić information content (AvgIpc) is 2.86. The van der Waals surface area contributed by atoms with Gasteiger partial charge in [0.2, 0.25) is 5.78 Å². The molecule has 0 spiro atoms. The molecule has 0 saturated heterocycles. The molecular weight excluding hydrogens is 284 g/mol. The van der Waals surface area contributed by atoms with Crippen molar-refractivity contribution in [1.29, 1.82) is 0 Å². The fourth-order valence-corrected chi connectivity index (χ4v) is 2.14. The molecule has 5 nitrogen and oxygen atoms in total. The summed E-state index contributed by atoms with van der Waals surface area (Å²) in [4.78, 5) is 16.4. The Balaban J connectivity index is 2.43. The van der Waals surface area contributed by atoms with Gasteiger partial charge in [-0.15, -0.1) is 0 Å². The average molecular weight is 297 g/mol. The number of carbonyl (C=O) groups is 1. The zero-order chi connectivity index (χ0) is 12.4. The van der Waals surface area contributed by atoms with E-state index in [1.54, 1.807) is 34.9 Å². The zero-order valence-corrected chi connectivity index (χ0v) is 11.3. The summed E-state index contributed by atoms with van der Waals surface area (Å²) in [6, 6.07) is 0. The lowest BCUT2D eigenvalue weighted by molar-refractivity contribution is 0.101. The quantitative estimate of drug-likeness (QED) is 0.811. The Labute approximate surface area is 108 Å². The van der Waals surface area contributed by atoms with E-state index >= 15 is 0 Å². The number of halogens is 1. The maximum atomic E-state index is 12.3. The molecule has 0 aromatic carbocycles. The fraction of sp³-hybridized carbons (Fsp3) is 0.364. The molecule has 2 aromatic heterocycles. The predicted molar refractivity (Wildman–Crippen MR) is 66.9 cm³/mol. The number of aryl methyl sites for hydroxylation is 2. The molecule has 2 aromatic rings. The van der Waals surface area contributed by atoms with E-state index in [1.807, 2.05) is 6.92 Å². The first-order valence-electron chi connectivity index (χ1n) is 5.38. The van der Waals surface area contributed by atoms with Crippen LogP contribution in [0.1, 0.15) is 29.7 Å². The number of hydrogen-bond donors (Lipinski definition) is 0. The fourth-order valence-electron chi connectivity index (χ4n) is 1.66. The van der Waals surface area contributed by atoms with Crippen molar-refractivity contribution in [3.05, 3.63) is 34.6 Å². The van der Waals surface area contributed by atoms with Gasteiger partial charge in [0, 0.05) is 26.0 Å². The molecule has 2 heterocycles. The molecule has 0 atom stereocenters. The predicted octanol–water partition coefficient (Wildman–Crippen LogP) is 2.02. The summed E-state index contributed by atoms with van der Waals surface area (Å²) in [6.45, 7) is 2.77. The van der Waals surface area contributed by atoms with Gasteiger partial charge >= 0.3 is 0 Å². The first-order chi connectivity index (χ1) is 8.15. The van der Waals surface area contributed by atoms with Gasteiger partial charge in [0.1, 0.15) is 5.69 Å². The molecule has 0 unspecified atom stereocenters. The zero-order valence-electron chi connectivity index (χ0n) is 9.72. The second-order valence-corrected chi connectivity index (χ2v) is 4.61. The third kappa shape index (κ3) is 2.17. The Hall–Kier alpha value is -1.43. The van der Waals surface area contributed by atoms with Crippen molar-refractivity contribution in [1.82, 2.24) is 19.3 Å². The first-order valence-corrected chi connectivity index (χ1v) is 6.17. The van der Waals surface area contributed by atoms with Crippen molar-refractivity contribution in [2.45, 2.75) is 19.9 Å². The van der Waals surface area contributed by atoms with Crippen LogP contribution in [0.5, 0.6) is 0 Å². The van der Waals surface area contributed by atoms with Crippen molar-refractivity contribution >= 4 is 21.7 Å². The first kappa shape index (κ1) is 12.0. The SMILES string of the molecule is CCCn1ncc(Br)c1C(=O)c1nccn1C. The summed E-state index contributed by atoms with van der Waals surface area (Å²) in [6.07, 6.45) is 5.93. The summed E-state index contributed by atoms with van der Waals surface area (Å²) >= 11 is 3.36. The van der Waals surface area contributed by atoms with Crippen LogP contribution in [0.4, 0.5) is 0 Å². The van der Waals surface area contributed by atoms with Gasteiger partial charge in [0.15, 0.2) is 5.82 Å². The Kier molecular flexibility index (Phi) is 3.42. The van der Waals surface area contributed by atoms with Crippen molar-refractivity contribution in [3.63, 3.8) is 0 Å². The lowest BCUT2D eigenvalue weighted by atomic mass is 10.2. The van der Waals surface area contributed by atoms with E-state index in [4.69, 9.17) is 0 Å². The largest absolute Gasteiger partial charge is 0.331 e. The molecule has 0 aliphatic rings. The van der Waals surface area contributed by atoms with E-state index in [2.05, 4.69) is 26.0 Å². The molecule has 0 amide bonds. The number of aromatic nitrogens is 4. The van der Waals surface area contributed by atoms with Crippen LogP contribution in [0.3, 0.4) is 0 Å². The van der Waals surface area contributed by atoms with E-state index in [0.29, 0.717) is 16.0 Å². The molecule has 0 radical (unpaired) electrons. The van der Waals surface area contributed by atoms with Gasteiger partial charge in [-0.25, -0.2) is 4.98 Å². The Morgan fingerprint density at radius 1 is 1.53 bits per heavy atom. The Morgan fingerprint density at radius 3 is 2.88 bits per heavy atom. The summed E-state index contributed by atoms with van der Waals surface area (Å²) in [7, 11) is 1.80. The highest BCUT2D eigenvalue weighted by atomic mass is 79.9. The number of ketones is 1. The highest BCUT2D eigenvalue weighted by molar-refractivity contribution is 9.10. The smallest absolute Gasteiger partial charge is 0.247 e. The number of carbonyl (C=O) groups excluding carboxylic acids is 1. The minimum Gasteiger partial charge on any atom is -0.331 e. The molecule has 0 bridgehead atoms. The molecule has 0 fully saturated rings. The normalized spacial score (nSPS) is 10.8. The van der Waals surface area contributed by atoms with E-state index in [-0.39, 0.29) is 5.78 Å². The van der Waals surface area contributed by atoms with Crippen LogP contribution in [0.2, 0.25) is 0 Å². The third-order valence-corrected chi connectivity index (χ3v) is 3.05. The van der Waals surface area contributed by atoms with E-state index in [0.717, 1.165) is 13.0 Å². The van der Waals surface area contributed by atoms with Crippen LogP contribution in [0.25, 0.3) is 0 Å². The molecule has 0 N–H and O–H groups in total. The van der Waals surface area contributed by atoms with Crippen molar-refractivity contribution in [3.8, 4) is 0 Å². The van der Waals surface area contributed by atoms with Crippen molar-refractivity contribution < 1.29 is 4.79 Å². The standard InChI is InChI=1S/C11H13BrN4O/c1-3-5-16-9(8(12)7-14-16)10(17)11-13-4-6-15(11)2/h4,6-7H,3,5H2,1-2H3. The molecule has 17 heavy (non-hydrogen) atoms. The van der Waals surface area contributed by atoms with Crippen LogP contribution in [0.15, 0.2) is 23.1 Å². The second-order valence-electron chi connectivity index (χ2n) is 3.76. The van der Waals surface area contributed by atoms with Gasteiger partial charge in [-0.2, -0.15) is 5.10 Å². The van der Waals surface area contributed by atoms with E-state index in [9.17, 15) is 4.79 Å². The summed E-state index contributed by atoms with van der Waals surface area (Å²) < 4.78 is 4.12. The molecule has 0 aliphatic carbocycles. The van der Waals surface area contributed by atoms with E-state index < -0.39 is 0 Å². The van der Waals surface area contributed by atoms with Gasteiger partial charge in [-0.05, 0) is 22.4 Å². The van der Waals surface area contributed by atoms with Gasteiger partial charge in [-0.1, -0.05) is 6.92 Å². The van der Waals surface area contributed by atoms with Gasteiger partial charge in [0.05, 0.1) is 10.7 Å². The topological polar surface area (TPSA) is 52.7 Å². The molecule has 0 aliphatic heterocycles. The van der Waals surface area contributed by atoms with E-state index in [1.165, 1.54) is 0 Å². The number of nitrogens with zero attached hydrogens (tertiary/aromatic N) is 4. The van der Waals surface area contributed by atoms with Gasteiger partial charge in [0.25, 0.3) is 0 Å². The molecular formula is C11H13BrN4O. The summed E-state index contributed by atoms with van der Waals surface area (Å²) in [5.74, 6) is 0.305. The molecule has 2 rings (SSSR count). The number of rotatable bonds is 4. The minimum absolute atomic E-state index is 0.115. The molecule has 0 saturated carbocycles. The number of imidazole rings is 1. The monoisotopic (exact) mass is 296 g/mol. The Morgan fingerprint density at radius 2 is 2.29 bits per heavy atom. The Bertz CT molecular complexity index is 543. The number of hydrogen-bond acceptors (Lipinski definition) is 3. The lowest BCUT2D eigenvalue weighted by Gasteiger charge is -2.05. The lowest BCUT2D eigenvalue weighted by Crippen LogP contribution is -2.15. The summed E-state index contributed by atoms with van der Waals surface area (Å²) in [5.41, 5.74) is 0.557. The maximum absolute atomic E-state index is 12.3. The second kappa shape index (κ2) is 4.83. The van der Waals surface area contributed by atoms with Crippen molar-refractivity contribution in [2.24, 2.45) is 7.05 Å². The van der Waals surface area contributed by atoms with Crippen LogP contribution >= 0.6 is 15.9 Å². The third-order valence-electron chi connectivity index (χ3n) is 2.47. The highest BCUT2D eigenvalue weighted by Crippen LogP contribution is 2.19.